The van der Waals surface area contributed by atoms with Crippen LogP contribution in [0.2, 0.25) is 0 Å². The van der Waals surface area contributed by atoms with Crippen molar-refractivity contribution < 1.29 is 4.79 Å². The second-order valence-corrected chi connectivity index (χ2v) is 7.02. The number of nitrogens with one attached hydrogen (secondary N) is 1. The predicted octanol–water partition coefficient (Wildman–Crippen LogP) is 3.03. The number of hydrogen-bond donors (Lipinski definition) is 2. The van der Waals surface area contributed by atoms with E-state index < -0.39 is 5.91 Å². The molecule has 0 unspecified atom stereocenters. The molecule has 0 saturated heterocycles. The molecular weight excluding hydrogens is 392 g/mol. The van der Waals surface area contributed by atoms with Crippen molar-refractivity contribution >= 4 is 23.1 Å². The lowest BCUT2D eigenvalue weighted by molar-refractivity contribution is 0.100. The fourth-order valence-electron chi connectivity index (χ4n) is 3.41. The molecule has 152 valence electrons. The van der Waals surface area contributed by atoms with Gasteiger partial charge in [0.1, 0.15) is 6.33 Å². The maximum Gasteiger partial charge on any atom is 0.248 e. The van der Waals surface area contributed by atoms with Gasteiger partial charge in [-0.15, -0.1) is 10.2 Å². The quantitative estimate of drug-likeness (QED) is 0.460. The fourth-order valence-corrected chi connectivity index (χ4v) is 3.41. The number of benzene rings is 2. The van der Waals surface area contributed by atoms with Crippen molar-refractivity contribution in [2.24, 2.45) is 12.8 Å². The highest BCUT2D eigenvalue weighted by Crippen LogP contribution is 2.26. The Kier molecular flexibility index (Phi) is 4.40. The third-order valence-corrected chi connectivity index (χ3v) is 5.01. The van der Waals surface area contributed by atoms with Gasteiger partial charge in [-0.2, -0.15) is 0 Å². The van der Waals surface area contributed by atoms with Gasteiger partial charge < -0.3 is 15.6 Å². The van der Waals surface area contributed by atoms with Crippen molar-refractivity contribution in [1.29, 1.82) is 0 Å². The van der Waals surface area contributed by atoms with E-state index >= 15 is 0 Å². The number of imidazole rings is 1. The number of carbonyl (C=O) groups excluding carboxylic acids is 1. The van der Waals surface area contributed by atoms with Gasteiger partial charge in [-0.1, -0.05) is 12.1 Å². The fraction of sp³-hybridized carbons (Fsp3) is 0.0455. The molecule has 2 aromatic carbocycles. The topological polar surface area (TPSA) is 116 Å². The van der Waals surface area contributed by atoms with Crippen molar-refractivity contribution in [1.82, 2.24) is 29.1 Å². The minimum atomic E-state index is -0.456. The SMILES string of the molecule is Cn1cnnc1-c1ccc(Nc2ncc(-c3ccc(C(N)=O)cc3)n3ccnc23)cc1. The van der Waals surface area contributed by atoms with Crippen LogP contribution in [0.4, 0.5) is 11.5 Å². The second kappa shape index (κ2) is 7.38. The molecule has 9 nitrogen and oxygen atoms in total. The van der Waals surface area contributed by atoms with E-state index in [0.29, 0.717) is 17.0 Å². The summed E-state index contributed by atoms with van der Waals surface area (Å²) < 4.78 is 3.81. The predicted molar refractivity (Wildman–Crippen MR) is 117 cm³/mol. The van der Waals surface area contributed by atoms with Gasteiger partial charge >= 0.3 is 0 Å². The molecule has 3 aromatic heterocycles. The van der Waals surface area contributed by atoms with Gasteiger partial charge in [-0.05, 0) is 36.4 Å². The number of rotatable bonds is 5. The zero-order valence-electron chi connectivity index (χ0n) is 16.6. The van der Waals surface area contributed by atoms with E-state index in [9.17, 15) is 4.79 Å². The number of anilines is 2. The van der Waals surface area contributed by atoms with E-state index in [1.807, 2.05) is 58.6 Å². The number of amides is 1. The highest BCUT2D eigenvalue weighted by molar-refractivity contribution is 5.93. The van der Waals surface area contributed by atoms with Crippen LogP contribution in [-0.4, -0.2) is 35.0 Å². The molecule has 0 bridgehead atoms. The summed E-state index contributed by atoms with van der Waals surface area (Å²) in [5, 5.41) is 11.4. The summed E-state index contributed by atoms with van der Waals surface area (Å²) in [4.78, 5) is 20.4. The molecule has 0 fully saturated rings. The maximum atomic E-state index is 11.3. The minimum absolute atomic E-state index is 0.456. The summed E-state index contributed by atoms with van der Waals surface area (Å²) in [6.45, 7) is 0. The molecule has 0 aliphatic rings. The molecule has 5 rings (SSSR count). The molecule has 3 heterocycles. The normalized spacial score (nSPS) is 11.0. The first kappa shape index (κ1) is 18.5. The number of nitrogens with zero attached hydrogens (tertiary/aromatic N) is 6. The van der Waals surface area contributed by atoms with E-state index in [4.69, 9.17) is 5.73 Å². The van der Waals surface area contributed by atoms with Crippen LogP contribution in [0.1, 0.15) is 10.4 Å². The van der Waals surface area contributed by atoms with Crippen LogP contribution in [-0.2, 0) is 7.05 Å². The zero-order valence-corrected chi connectivity index (χ0v) is 16.6. The highest BCUT2D eigenvalue weighted by Gasteiger charge is 2.12. The summed E-state index contributed by atoms with van der Waals surface area (Å²) in [7, 11) is 1.91. The Labute approximate surface area is 177 Å². The van der Waals surface area contributed by atoms with E-state index in [1.54, 1.807) is 30.9 Å². The van der Waals surface area contributed by atoms with Gasteiger partial charge in [0, 0.05) is 41.8 Å². The zero-order chi connectivity index (χ0) is 21.4. The average Bonchev–Trinajstić information content (AvgIpc) is 3.44. The molecule has 0 saturated carbocycles. The summed E-state index contributed by atoms with van der Waals surface area (Å²) in [6, 6.07) is 15.0. The van der Waals surface area contributed by atoms with Gasteiger partial charge in [0.05, 0.1) is 11.9 Å². The monoisotopic (exact) mass is 410 g/mol. The van der Waals surface area contributed by atoms with Gasteiger partial charge in [0.15, 0.2) is 17.3 Å². The lowest BCUT2D eigenvalue weighted by Crippen LogP contribution is -2.10. The third kappa shape index (κ3) is 3.38. The summed E-state index contributed by atoms with van der Waals surface area (Å²) >= 11 is 0. The van der Waals surface area contributed by atoms with Crippen LogP contribution in [0.5, 0.6) is 0 Å². The van der Waals surface area contributed by atoms with Crippen molar-refractivity contribution in [3.05, 3.63) is 79.0 Å². The lowest BCUT2D eigenvalue weighted by Gasteiger charge is -2.11. The summed E-state index contributed by atoms with van der Waals surface area (Å²) in [5.41, 5.74) is 10.1. The van der Waals surface area contributed by atoms with E-state index in [2.05, 4.69) is 25.5 Å². The van der Waals surface area contributed by atoms with Crippen LogP contribution >= 0.6 is 0 Å². The Morgan fingerprint density at radius 3 is 2.42 bits per heavy atom. The number of aryl methyl sites for hydroxylation is 1. The number of primary amides is 1. The molecule has 1 amide bonds. The third-order valence-electron chi connectivity index (χ3n) is 5.01. The first-order chi connectivity index (χ1) is 15.1. The maximum absolute atomic E-state index is 11.3. The molecular formula is C22H18N8O. The Hall–Kier alpha value is -4.53. The molecule has 0 aliphatic heterocycles. The second-order valence-electron chi connectivity index (χ2n) is 7.02. The standard InChI is InChI=1S/C22H18N8O/c1-29-13-26-28-21(29)16-6-8-17(9-7-16)27-20-22-24-10-11-30(22)18(12-25-20)14-2-4-15(5-3-14)19(23)31/h2-13H,1H3,(H2,23,31)(H,25,27). The van der Waals surface area contributed by atoms with Gasteiger partial charge in [-0.3, -0.25) is 9.20 Å². The molecule has 9 heteroatoms. The number of aromatic nitrogens is 6. The number of carbonyl (C=O) groups is 1. The largest absolute Gasteiger partial charge is 0.366 e. The highest BCUT2D eigenvalue weighted by atomic mass is 16.1. The van der Waals surface area contributed by atoms with Gasteiger partial charge in [0.2, 0.25) is 5.91 Å². The van der Waals surface area contributed by atoms with Gasteiger partial charge in [0.25, 0.3) is 0 Å². The Balaban J connectivity index is 1.45. The lowest BCUT2D eigenvalue weighted by atomic mass is 10.1. The van der Waals surface area contributed by atoms with Crippen LogP contribution < -0.4 is 11.1 Å². The smallest absolute Gasteiger partial charge is 0.248 e. The molecule has 3 N–H and O–H groups in total. The summed E-state index contributed by atoms with van der Waals surface area (Å²) in [6.07, 6.45) is 7.03. The number of fused-ring (bicyclic) bond motifs is 1. The van der Waals surface area contributed by atoms with Crippen LogP contribution in [0.15, 0.2) is 73.4 Å². The average molecular weight is 410 g/mol. The molecule has 0 spiro atoms. The Morgan fingerprint density at radius 1 is 1.00 bits per heavy atom. The molecule has 31 heavy (non-hydrogen) atoms. The molecule has 0 aliphatic carbocycles. The van der Waals surface area contributed by atoms with Crippen molar-refractivity contribution in [2.45, 2.75) is 0 Å². The molecule has 5 aromatic rings. The first-order valence-electron chi connectivity index (χ1n) is 9.54. The molecule has 0 atom stereocenters. The minimum Gasteiger partial charge on any atom is -0.366 e. The van der Waals surface area contributed by atoms with Crippen molar-refractivity contribution in [3.63, 3.8) is 0 Å². The Bertz CT molecular complexity index is 1380. The Morgan fingerprint density at radius 2 is 1.74 bits per heavy atom. The summed E-state index contributed by atoms with van der Waals surface area (Å²) in [5.74, 6) is 0.975. The van der Waals surface area contributed by atoms with Crippen LogP contribution in [0, 0.1) is 0 Å². The van der Waals surface area contributed by atoms with Crippen LogP contribution in [0.25, 0.3) is 28.3 Å². The molecule has 0 radical (unpaired) electrons. The van der Waals surface area contributed by atoms with Crippen molar-refractivity contribution in [2.75, 3.05) is 5.32 Å². The van der Waals surface area contributed by atoms with Crippen molar-refractivity contribution in [3.8, 4) is 22.6 Å². The van der Waals surface area contributed by atoms with Crippen LogP contribution in [0.3, 0.4) is 0 Å². The van der Waals surface area contributed by atoms with E-state index in [0.717, 1.165) is 28.3 Å². The van der Waals surface area contributed by atoms with Gasteiger partial charge in [-0.25, -0.2) is 9.97 Å². The first-order valence-corrected chi connectivity index (χ1v) is 9.54. The number of hydrogen-bond acceptors (Lipinski definition) is 6. The van der Waals surface area contributed by atoms with E-state index in [-0.39, 0.29) is 0 Å². The van der Waals surface area contributed by atoms with E-state index in [1.165, 1.54) is 0 Å². The number of nitrogens with two attached hydrogens (primary N) is 1.